The summed E-state index contributed by atoms with van der Waals surface area (Å²) in [6.07, 6.45) is -0.798. The highest BCUT2D eigenvalue weighted by molar-refractivity contribution is 5.91. The van der Waals surface area contributed by atoms with E-state index in [4.69, 9.17) is 23.7 Å². The molecule has 2 aromatic rings. The second-order valence-corrected chi connectivity index (χ2v) is 6.41. The van der Waals surface area contributed by atoms with Crippen LogP contribution in [-0.4, -0.2) is 40.2 Å². The largest absolute Gasteiger partial charge is 0.493 e. The molecule has 0 unspecified atom stereocenters. The molecule has 0 fully saturated rings. The number of hydrogen-bond donors (Lipinski definition) is 0. The normalized spacial score (nSPS) is 12.5. The molecule has 0 bridgehead atoms. The standard InChI is InChI=1S/C22H26O7/c1-13(14(2)23)21(15-7-9-17(25-3)19(11-15)27-5)29-22(24)16-8-10-18(26-4)20(12-16)28-6/h7-13,21H,1-6H3/t13-,21+/m0/s1. The van der Waals surface area contributed by atoms with E-state index in [1.165, 1.54) is 41.4 Å². The maximum atomic E-state index is 12.8. The van der Waals surface area contributed by atoms with Gasteiger partial charge in [0.25, 0.3) is 0 Å². The molecule has 0 saturated heterocycles. The molecule has 0 saturated carbocycles. The predicted octanol–water partition coefficient (Wildman–Crippen LogP) is 3.84. The van der Waals surface area contributed by atoms with Gasteiger partial charge in [-0.25, -0.2) is 4.79 Å². The van der Waals surface area contributed by atoms with E-state index in [0.717, 1.165) is 0 Å². The molecule has 2 atom stereocenters. The van der Waals surface area contributed by atoms with Crippen LogP contribution < -0.4 is 18.9 Å². The SMILES string of the molecule is COc1ccc(C(=O)O[C@@H](c2ccc(OC)c(OC)c2)[C@@H](C)C(C)=O)cc1OC. The molecule has 0 heterocycles. The molecule has 0 radical (unpaired) electrons. The van der Waals surface area contributed by atoms with Crippen LogP contribution in [-0.2, 0) is 9.53 Å². The summed E-state index contributed by atoms with van der Waals surface area (Å²) in [6, 6.07) is 9.88. The van der Waals surface area contributed by atoms with Crippen molar-refractivity contribution in [2.24, 2.45) is 5.92 Å². The molecule has 0 spiro atoms. The first-order valence-electron chi connectivity index (χ1n) is 9.01. The lowest BCUT2D eigenvalue weighted by Crippen LogP contribution is -2.23. The van der Waals surface area contributed by atoms with E-state index in [0.29, 0.717) is 28.6 Å². The Labute approximate surface area is 170 Å². The van der Waals surface area contributed by atoms with Crippen LogP contribution in [0.2, 0.25) is 0 Å². The van der Waals surface area contributed by atoms with Crippen molar-refractivity contribution in [3.05, 3.63) is 47.5 Å². The lowest BCUT2D eigenvalue weighted by atomic mass is 9.93. The molecule has 7 heteroatoms. The zero-order valence-corrected chi connectivity index (χ0v) is 17.5. The number of esters is 1. The Kier molecular flexibility index (Phi) is 7.47. The van der Waals surface area contributed by atoms with Gasteiger partial charge in [-0.3, -0.25) is 4.79 Å². The number of carbonyl (C=O) groups excluding carboxylic acids is 2. The summed E-state index contributed by atoms with van der Waals surface area (Å²) in [7, 11) is 6.04. The topological polar surface area (TPSA) is 80.3 Å². The molecular weight excluding hydrogens is 376 g/mol. The van der Waals surface area contributed by atoms with E-state index in [1.807, 2.05) is 0 Å². The average molecular weight is 402 g/mol. The van der Waals surface area contributed by atoms with Gasteiger partial charge in [-0.1, -0.05) is 13.0 Å². The molecule has 0 aliphatic carbocycles. The van der Waals surface area contributed by atoms with E-state index in [1.54, 1.807) is 37.3 Å². The van der Waals surface area contributed by atoms with Gasteiger partial charge in [-0.2, -0.15) is 0 Å². The number of benzene rings is 2. The number of carbonyl (C=O) groups is 2. The van der Waals surface area contributed by atoms with Gasteiger partial charge in [0.2, 0.25) is 0 Å². The molecule has 0 N–H and O–H groups in total. The predicted molar refractivity (Wildman–Crippen MR) is 107 cm³/mol. The van der Waals surface area contributed by atoms with Crippen LogP contribution >= 0.6 is 0 Å². The molecular formula is C22H26O7. The van der Waals surface area contributed by atoms with Crippen molar-refractivity contribution in [3.63, 3.8) is 0 Å². The fourth-order valence-electron chi connectivity index (χ4n) is 2.85. The molecule has 2 rings (SSSR count). The van der Waals surface area contributed by atoms with Gasteiger partial charge >= 0.3 is 5.97 Å². The molecule has 0 aliphatic heterocycles. The average Bonchev–Trinajstić information content (AvgIpc) is 2.75. The van der Waals surface area contributed by atoms with Crippen molar-refractivity contribution < 1.29 is 33.3 Å². The molecule has 0 amide bonds. The summed E-state index contributed by atoms with van der Waals surface area (Å²) in [6.45, 7) is 3.17. The maximum Gasteiger partial charge on any atom is 0.338 e. The Morgan fingerprint density at radius 3 is 1.79 bits per heavy atom. The number of rotatable bonds is 9. The van der Waals surface area contributed by atoms with Gasteiger partial charge in [-0.05, 0) is 42.8 Å². The Morgan fingerprint density at radius 1 is 0.759 bits per heavy atom. The Morgan fingerprint density at radius 2 is 1.28 bits per heavy atom. The quantitative estimate of drug-likeness (QED) is 0.590. The summed E-state index contributed by atoms with van der Waals surface area (Å²) < 4.78 is 26.8. The molecule has 7 nitrogen and oxygen atoms in total. The summed E-state index contributed by atoms with van der Waals surface area (Å²) in [5.41, 5.74) is 0.906. The zero-order valence-electron chi connectivity index (χ0n) is 17.5. The number of methoxy groups -OCH3 is 4. The highest BCUT2D eigenvalue weighted by atomic mass is 16.5. The molecule has 156 valence electrons. The lowest BCUT2D eigenvalue weighted by Gasteiger charge is -2.24. The molecule has 29 heavy (non-hydrogen) atoms. The first-order valence-corrected chi connectivity index (χ1v) is 9.01. The van der Waals surface area contributed by atoms with Crippen LogP contribution in [0.1, 0.15) is 35.9 Å². The number of hydrogen-bond acceptors (Lipinski definition) is 7. The fraction of sp³-hybridized carbons (Fsp3) is 0.364. The van der Waals surface area contributed by atoms with Crippen LogP contribution in [0.15, 0.2) is 36.4 Å². The van der Waals surface area contributed by atoms with Gasteiger partial charge in [-0.15, -0.1) is 0 Å². The van der Waals surface area contributed by atoms with Gasteiger partial charge < -0.3 is 23.7 Å². The van der Waals surface area contributed by atoms with E-state index < -0.39 is 18.0 Å². The van der Waals surface area contributed by atoms with Crippen molar-refractivity contribution in [3.8, 4) is 23.0 Å². The van der Waals surface area contributed by atoms with Crippen molar-refractivity contribution in [2.75, 3.05) is 28.4 Å². The maximum absolute atomic E-state index is 12.8. The van der Waals surface area contributed by atoms with Crippen molar-refractivity contribution in [1.82, 2.24) is 0 Å². The van der Waals surface area contributed by atoms with Crippen molar-refractivity contribution in [2.45, 2.75) is 20.0 Å². The Hall–Kier alpha value is -3.22. The van der Waals surface area contributed by atoms with E-state index in [2.05, 4.69) is 0 Å². The summed E-state index contributed by atoms with van der Waals surface area (Å²) in [5.74, 6) is 0.673. The van der Waals surface area contributed by atoms with Crippen LogP contribution in [0.5, 0.6) is 23.0 Å². The van der Waals surface area contributed by atoms with Gasteiger partial charge in [0.15, 0.2) is 23.0 Å². The molecule has 0 aliphatic rings. The molecule has 2 aromatic carbocycles. The van der Waals surface area contributed by atoms with Crippen LogP contribution in [0.4, 0.5) is 0 Å². The summed E-state index contributed by atoms with van der Waals surface area (Å²) in [5, 5.41) is 0. The number of ether oxygens (including phenoxy) is 5. The highest BCUT2D eigenvalue weighted by Gasteiger charge is 2.28. The number of Topliss-reactive ketones (excluding diaryl/α,β-unsaturated/α-hetero) is 1. The zero-order chi connectivity index (χ0) is 21.6. The van der Waals surface area contributed by atoms with E-state index >= 15 is 0 Å². The Bertz CT molecular complexity index is 875. The van der Waals surface area contributed by atoms with Gasteiger partial charge in [0, 0.05) is 0 Å². The summed E-state index contributed by atoms with van der Waals surface area (Å²) in [4.78, 5) is 24.9. The third-order valence-corrected chi connectivity index (χ3v) is 4.68. The minimum absolute atomic E-state index is 0.107. The van der Waals surface area contributed by atoms with Crippen molar-refractivity contribution in [1.29, 1.82) is 0 Å². The fourth-order valence-corrected chi connectivity index (χ4v) is 2.85. The Balaban J connectivity index is 2.39. The lowest BCUT2D eigenvalue weighted by molar-refractivity contribution is -0.123. The minimum Gasteiger partial charge on any atom is -0.493 e. The van der Waals surface area contributed by atoms with Crippen molar-refractivity contribution >= 4 is 11.8 Å². The van der Waals surface area contributed by atoms with Crippen LogP contribution in [0.3, 0.4) is 0 Å². The second kappa shape index (κ2) is 9.82. The third-order valence-electron chi connectivity index (χ3n) is 4.68. The second-order valence-electron chi connectivity index (χ2n) is 6.41. The summed E-state index contributed by atoms with van der Waals surface area (Å²) >= 11 is 0. The van der Waals surface area contributed by atoms with Crippen LogP contribution in [0.25, 0.3) is 0 Å². The van der Waals surface area contributed by atoms with Gasteiger partial charge in [0.05, 0.1) is 39.9 Å². The van der Waals surface area contributed by atoms with Crippen LogP contribution in [0, 0.1) is 5.92 Å². The first kappa shape index (κ1) is 22.1. The number of ketones is 1. The highest BCUT2D eigenvalue weighted by Crippen LogP contribution is 2.35. The molecule has 0 aromatic heterocycles. The van der Waals surface area contributed by atoms with E-state index in [-0.39, 0.29) is 11.3 Å². The smallest absolute Gasteiger partial charge is 0.338 e. The first-order chi connectivity index (χ1) is 13.9. The van der Waals surface area contributed by atoms with Gasteiger partial charge in [0.1, 0.15) is 11.9 Å². The van der Waals surface area contributed by atoms with E-state index in [9.17, 15) is 9.59 Å². The third kappa shape index (κ3) is 4.99. The monoisotopic (exact) mass is 402 g/mol. The minimum atomic E-state index is -0.798.